The third-order valence-electron chi connectivity index (χ3n) is 6.33. The van der Waals surface area contributed by atoms with Crippen molar-refractivity contribution >= 4 is 23.5 Å². The molecule has 3 atom stereocenters. The first kappa shape index (κ1) is 29.8. The summed E-state index contributed by atoms with van der Waals surface area (Å²) in [4.78, 5) is 24.1. The molecule has 1 aliphatic rings. The van der Waals surface area contributed by atoms with Crippen LogP contribution in [0.4, 0.5) is 0 Å². The Bertz CT molecular complexity index is 648. The topological polar surface area (TPSA) is 63.6 Å². The van der Waals surface area contributed by atoms with Crippen molar-refractivity contribution < 1.29 is 19.4 Å². The molecule has 0 aromatic carbocycles. The van der Waals surface area contributed by atoms with Gasteiger partial charge in [0.2, 0.25) is 0 Å². The van der Waals surface area contributed by atoms with Gasteiger partial charge in [-0.15, -0.1) is 5.92 Å². The monoisotopic (exact) mass is 478 g/mol. The van der Waals surface area contributed by atoms with E-state index in [1.54, 1.807) is 18.7 Å². The summed E-state index contributed by atoms with van der Waals surface area (Å²) in [6.45, 7) is 6.59. The van der Waals surface area contributed by atoms with Crippen LogP contribution in [0.1, 0.15) is 104 Å². The Morgan fingerprint density at radius 3 is 2.70 bits per heavy atom. The van der Waals surface area contributed by atoms with Crippen LogP contribution in [0.25, 0.3) is 0 Å². The number of rotatable bonds is 18. The summed E-state index contributed by atoms with van der Waals surface area (Å²) in [7, 11) is 0. The predicted octanol–water partition coefficient (Wildman–Crippen LogP) is 6.50. The van der Waals surface area contributed by atoms with E-state index >= 15 is 0 Å². The molecule has 0 spiro atoms. The minimum absolute atomic E-state index is 0.0975. The molecule has 0 aliphatic heterocycles. The van der Waals surface area contributed by atoms with E-state index < -0.39 is 5.60 Å². The van der Waals surface area contributed by atoms with Gasteiger partial charge in [-0.25, -0.2) is 0 Å². The number of ether oxygens (including phenoxy) is 1. The van der Waals surface area contributed by atoms with Crippen LogP contribution in [0.5, 0.6) is 0 Å². The number of unbranched alkanes of at least 4 members (excludes halogenated alkanes) is 5. The zero-order valence-corrected chi connectivity index (χ0v) is 22.0. The number of ketones is 1. The first-order valence-corrected chi connectivity index (χ1v) is 14.2. The Balaban J connectivity index is 2.28. The van der Waals surface area contributed by atoms with Gasteiger partial charge in [-0.2, -0.15) is 11.8 Å². The SMILES string of the molecule is CC#CC(O)(CC=C[C@H]1CCC(=O)[C@@H]1CCCCSCC(=O)OCCCCCC)CCCC. The van der Waals surface area contributed by atoms with Gasteiger partial charge >= 0.3 is 5.97 Å². The quantitative estimate of drug-likeness (QED) is 0.105. The smallest absolute Gasteiger partial charge is 0.315 e. The average molecular weight is 479 g/mol. The van der Waals surface area contributed by atoms with Crippen molar-refractivity contribution in [2.24, 2.45) is 11.8 Å². The lowest BCUT2D eigenvalue weighted by Crippen LogP contribution is -2.25. The average Bonchev–Trinajstić information content (AvgIpc) is 3.14. The molecule has 1 aliphatic carbocycles. The number of thioether (sulfide) groups is 1. The van der Waals surface area contributed by atoms with Gasteiger partial charge < -0.3 is 9.84 Å². The van der Waals surface area contributed by atoms with E-state index in [0.717, 1.165) is 57.1 Å². The highest BCUT2D eigenvalue weighted by Gasteiger charge is 2.32. The van der Waals surface area contributed by atoms with E-state index in [4.69, 9.17) is 4.74 Å². The summed E-state index contributed by atoms with van der Waals surface area (Å²) in [6.07, 6.45) is 16.3. The summed E-state index contributed by atoms with van der Waals surface area (Å²) in [5.74, 6) is 7.81. The number of carbonyl (C=O) groups is 2. The van der Waals surface area contributed by atoms with Crippen LogP contribution in [0.15, 0.2) is 12.2 Å². The number of hydrogen-bond acceptors (Lipinski definition) is 5. The van der Waals surface area contributed by atoms with Crippen molar-refractivity contribution in [1.29, 1.82) is 0 Å². The predicted molar refractivity (Wildman–Crippen MR) is 139 cm³/mol. The number of aliphatic hydroxyl groups is 1. The normalized spacial score (nSPS) is 19.9. The molecule has 0 aromatic heterocycles. The Labute approximate surface area is 206 Å². The summed E-state index contributed by atoms with van der Waals surface area (Å²) in [5.41, 5.74) is -0.951. The third kappa shape index (κ3) is 13.3. The van der Waals surface area contributed by atoms with Crippen molar-refractivity contribution in [1.82, 2.24) is 0 Å². The Morgan fingerprint density at radius 2 is 1.97 bits per heavy atom. The van der Waals surface area contributed by atoms with Gasteiger partial charge in [0.15, 0.2) is 0 Å². The molecule has 0 radical (unpaired) electrons. The Morgan fingerprint density at radius 1 is 1.18 bits per heavy atom. The summed E-state index contributed by atoms with van der Waals surface area (Å²) in [5, 5.41) is 10.8. The molecule has 1 rings (SSSR count). The van der Waals surface area contributed by atoms with Crippen LogP contribution in [0.2, 0.25) is 0 Å². The van der Waals surface area contributed by atoms with Crippen LogP contribution in [-0.4, -0.2) is 40.6 Å². The molecule has 1 saturated carbocycles. The maximum Gasteiger partial charge on any atom is 0.315 e. The van der Waals surface area contributed by atoms with Crippen molar-refractivity contribution in [2.45, 2.75) is 110 Å². The molecule has 0 bridgehead atoms. The van der Waals surface area contributed by atoms with Crippen molar-refractivity contribution in [3.05, 3.63) is 12.2 Å². The van der Waals surface area contributed by atoms with Gasteiger partial charge in [-0.05, 0) is 57.1 Å². The second-order valence-corrected chi connectivity index (χ2v) is 10.4. The highest BCUT2D eigenvalue weighted by atomic mass is 32.2. The van der Waals surface area contributed by atoms with Crippen LogP contribution >= 0.6 is 11.8 Å². The molecule has 0 amide bonds. The fourth-order valence-corrected chi connectivity index (χ4v) is 5.18. The minimum atomic E-state index is -0.951. The molecule has 5 heteroatoms. The molecular weight excluding hydrogens is 432 g/mol. The van der Waals surface area contributed by atoms with Gasteiger partial charge in [-0.1, -0.05) is 64.0 Å². The molecule has 1 N–H and O–H groups in total. The van der Waals surface area contributed by atoms with E-state index in [-0.39, 0.29) is 17.8 Å². The summed E-state index contributed by atoms with van der Waals surface area (Å²) < 4.78 is 5.26. The van der Waals surface area contributed by atoms with Gasteiger partial charge in [0.1, 0.15) is 11.4 Å². The zero-order valence-electron chi connectivity index (χ0n) is 21.2. The van der Waals surface area contributed by atoms with E-state index in [9.17, 15) is 14.7 Å². The zero-order chi connectivity index (χ0) is 24.4. The Hall–Kier alpha value is -1.25. The van der Waals surface area contributed by atoms with E-state index in [2.05, 4.69) is 31.8 Å². The van der Waals surface area contributed by atoms with Gasteiger partial charge in [0.05, 0.1) is 12.4 Å². The van der Waals surface area contributed by atoms with Crippen LogP contribution in [0, 0.1) is 23.7 Å². The standard InChI is InChI=1S/C28H46O4S/c1-4-7-9-11-21-32-27(30)23-33-22-12-10-15-25-24(16-17-26(25)29)14-13-20-28(31,18-6-3)19-8-5-2/h13-14,24-25,31H,4-5,7-12,15-17,19-23H2,1-3H3/t24-,25+,28?/m0/s1. The first-order valence-electron chi connectivity index (χ1n) is 13.0. The molecule has 4 nitrogen and oxygen atoms in total. The maximum atomic E-state index is 12.4. The van der Waals surface area contributed by atoms with Crippen LogP contribution < -0.4 is 0 Å². The number of hydrogen-bond donors (Lipinski definition) is 1. The highest BCUT2D eigenvalue weighted by molar-refractivity contribution is 7.99. The lowest BCUT2D eigenvalue weighted by molar-refractivity contribution is -0.140. The molecule has 1 fully saturated rings. The van der Waals surface area contributed by atoms with Gasteiger partial charge in [0, 0.05) is 18.8 Å². The Kier molecular flexibility index (Phi) is 16.4. The number of Topliss-reactive ketones (excluding diaryl/α,β-unsaturated/α-hetero) is 1. The number of esters is 1. The van der Waals surface area contributed by atoms with Crippen LogP contribution in [-0.2, 0) is 14.3 Å². The van der Waals surface area contributed by atoms with E-state index in [1.807, 2.05) is 6.08 Å². The second kappa shape index (κ2) is 18.1. The van der Waals surface area contributed by atoms with Crippen molar-refractivity contribution in [3.63, 3.8) is 0 Å². The first-order chi connectivity index (χ1) is 16.0. The molecule has 188 valence electrons. The highest BCUT2D eigenvalue weighted by Crippen LogP contribution is 2.34. The molecular formula is C28H46O4S. The van der Waals surface area contributed by atoms with E-state index in [0.29, 0.717) is 37.4 Å². The minimum Gasteiger partial charge on any atom is -0.465 e. The lowest BCUT2D eigenvalue weighted by Gasteiger charge is -2.21. The third-order valence-corrected chi connectivity index (χ3v) is 7.35. The molecule has 33 heavy (non-hydrogen) atoms. The number of allylic oxidation sites excluding steroid dienone is 1. The fourth-order valence-electron chi connectivity index (χ4n) is 4.38. The molecule has 1 unspecified atom stereocenters. The molecule has 0 heterocycles. The molecule has 0 aromatic rings. The summed E-state index contributed by atoms with van der Waals surface area (Å²) in [6, 6.07) is 0. The van der Waals surface area contributed by atoms with E-state index in [1.165, 1.54) is 12.8 Å². The second-order valence-electron chi connectivity index (χ2n) is 9.25. The number of carbonyl (C=O) groups excluding carboxylic acids is 2. The fraction of sp³-hybridized carbons (Fsp3) is 0.786. The van der Waals surface area contributed by atoms with Gasteiger partial charge in [-0.3, -0.25) is 9.59 Å². The summed E-state index contributed by atoms with van der Waals surface area (Å²) >= 11 is 1.63. The molecule has 0 saturated heterocycles. The van der Waals surface area contributed by atoms with Crippen molar-refractivity contribution in [3.8, 4) is 11.8 Å². The lowest BCUT2D eigenvalue weighted by atomic mass is 9.88. The van der Waals surface area contributed by atoms with Crippen molar-refractivity contribution in [2.75, 3.05) is 18.1 Å². The maximum absolute atomic E-state index is 12.4. The largest absolute Gasteiger partial charge is 0.465 e. The van der Waals surface area contributed by atoms with Gasteiger partial charge in [0.25, 0.3) is 0 Å². The van der Waals surface area contributed by atoms with Crippen LogP contribution in [0.3, 0.4) is 0 Å².